The summed E-state index contributed by atoms with van der Waals surface area (Å²) < 4.78 is 11.2. The highest BCUT2D eigenvalue weighted by Gasteiger charge is 2.25. The summed E-state index contributed by atoms with van der Waals surface area (Å²) in [4.78, 5) is 25.3. The molecule has 0 heterocycles. The Labute approximate surface area is 182 Å². The Bertz CT molecular complexity index is 1060. The fourth-order valence-corrected chi connectivity index (χ4v) is 3.79. The molecule has 1 N–H and O–H groups in total. The smallest absolute Gasteiger partial charge is 0.339 e. The molecule has 4 rings (SSSR count). The van der Waals surface area contributed by atoms with Crippen molar-refractivity contribution in [3.05, 3.63) is 95.6 Å². The SMILES string of the molecule is C[C@H](OC(=O)c1cccc(Oc2ccccc2)c1)C(=O)N[C@H]1CCCc2ccccc21. The molecule has 0 saturated heterocycles. The first-order chi connectivity index (χ1) is 15.1. The number of nitrogens with one attached hydrogen (secondary N) is 1. The normalized spacial score (nSPS) is 16.0. The number of hydrogen-bond donors (Lipinski definition) is 1. The molecule has 0 radical (unpaired) electrons. The topological polar surface area (TPSA) is 64.6 Å². The predicted molar refractivity (Wildman–Crippen MR) is 118 cm³/mol. The van der Waals surface area contributed by atoms with Gasteiger partial charge in [-0.25, -0.2) is 4.79 Å². The number of hydrogen-bond acceptors (Lipinski definition) is 4. The summed E-state index contributed by atoms with van der Waals surface area (Å²) in [6.45, 7) is 1.59. The van der Waals surface area contributed by atoms with E-state index in [-0.39, 0.29) is 11.9 Å². The van der Waals surface area contributed by atoms with Crippen LogP contribution in [0.4, 0.5) is 0 Å². The fraction of sp³-hybridized carbons (Fsp3) is 0.231. The highest BCUT2D eigenvalue weighted by molar-refractivity contribution is 5.92. The Balaban J connectivity index is 1.37. The number of para-hydroxylation sites is 1. The second-order valence-electron chi connectivity index (χ2n) is 7.64. The number of esters is 1. The van der Waals surface area contributed by atoms with Crippen LogP contribution in [0.25, 0.3) is 0 Å². The minimum Gasteiger partial charge on any atom is -0.457 e. The standard InChI is InChI=1S/C26H25NO4/c1-18(25(28)27-24-16-8-10-19-9-5-6-15-23(19)24)30-26(29)20-11-7-14-22(17-20)31-21-12-3-2-4-13-21/h2-7,9,11-15,17-18,24H,8,10,16H2,1H3,(H,27,28)/t18-,24-/m0/s1. The predicted octanol–water partition coefficient (Wildman–Crippen LogP) is 5.22. The highest BCUT2D eigenvalue weighted by atomic mass is 16.5. The van der Waals surface area contributed by atoms with Gasteiger partial charge in [-0.3, -0.25) is 4.79 Å². The van der Waals surface area contributed by atoms with Crippen molar-refractivity contribution < 1.29 is 19.1 Å². The third kappa shape index (κ3) is 5.12. The number of aryl methyl sites for hydroxylation is 1. The van der Waals surface area contributed by atoms with Crippen molar-refractivity contribution in [1.29, 1.82) is 0 Å². The van der Waals surface area contributed by atoms with Gasteiger partial charge >= 0.3 is 5.97 Å². The van der Waals surface area contributed by atoms with E-state index >= 15 is 0 Å². The molecule has 0 unspecified atom stereocenters. The largest absolute Gasteiger partial charge is 0.457 e. The van der Waals surface area contributed by atoms with Gasteiger partial charge in [0.1, 0.15) is 11.5 Å². The van der Waals surface area contributed by atoms with Gasteiger partial charge in [-0.15, -0.1) is 0 Å². The van der Waals surface area contributed by atoms with Crippen molar-refractivity contribution in [3.63, 3.8) is 0 Å². The summed E-state index contributed by atoms with van der Waals surface area (Å²) in [5, 5.41) is 3.03. The maximum absolute atomic E-state index is 12.7. The number of rotatable bonds is 6. The maximum atomic E-state index is 12.7. The van der Waals surface area contributed by atoms with Crippen LogP contribution in [-0.4, -0.2) is 18.0 Å². The molecule has 1 aliphatic rings. The molecule has 0 bridgehead atoms. The first kappa shape index (κ1) is 20.7. The molecule has 0 spiro atoms. The van der Waals surface area contributed by atoms with Crippen LogP contribution >= 0.6 is 0 Å². The van der Waals surface area contributed by atoms with Crippen LogP contribution in [0.15, 0.2) is 78.9 Å². The second kappa shape index (κ2) is 9.47. The van der Waals surface area contributed by atoms with Crippen molar-refractivity contribution in [2.24, 2.45) is 0 Å². The van der Waals surface area contributed by atoms with Gasteiger partial charge in [0.15, 0.2) is 6.10 Å². The van der Waals surface area contributed by atoms with E-state index in [4.69, 9.17) is 9.47 Å². The van der Waals surface area contributed by atoms with Crippen LogP contribution in [0.3, 0.4) is 0 Å². The third-order valence-corrected chi connectivity index (χ3v) is 5.39. The van der Waals surface area contributed by atoms with Gasteiger partial charge in [-0.2, -0.15) is 0 Å². The number of fused-ring (bicyclic) bond motifs is 1. The van der Waals surface area contributed by atoms with Gasteiger partial charge in [-0.1, -0.05) is 48.5 Å². The average molecular weight is 415 g/mol. The molecule has 0 fully saturated rings. The first-order valence-electron chi connectivity index (χ1n) is 10.5. The summed E-state index contributed by atoms with van der Waals surface area (Å²) in [6, 6.07) is 24.1. The molecule has 0 saturated carbocycles. The maximum Gasteiger partial charge on any atom is 0.339 e. The lowest BCUT2D eigenvalue weighted by Gasteiger charge is -2.27. The van der Waals surface area contributed by atoms with Gasteiger partial charge in [-0.05, 0) is 67.6 Å². The summed E-state index contributed by atoms with van der Waals surface area (Å²) in [7, 11) is 0. The van der Waals surface area contributed by atoms with Gasteiger partial charge < -0.3 is 14.8 Å². The molecule has 5 nitrogen and oxygen atoms in total. The van der Waals surface area contributed by atoms with Crippen molar-refractivity contribution in [1.82, 2.24) is 5.32 Å². The zero-order valence-electron chi connectivity index (χ0n) is 17.4. The number of carbonyl (C=O) groups is 2. The first-order valence-corrected chi connectivity index (χ1v) is 10.5. The highest BCUT2D eigenvalue weighted by Crippen LogP contribution is 2.29. The van der Waals surface area contributed by atoms with Gasteiger partial charge in [0.2, 0.25) is 0 Å². The van der Waals surface area contributed by atoms with Crippen LogP contribution < -0.4 is 10.1 Å². The molecule has 31 heavy (non-hydrogen) atoms. The summed E-state index contributed by atoms with van der Waals surface area (Å²) >= 11 is 0. The third-order valence-electron chi connectivity index (χ3n) is 5.39. The molecule has 158 valence electrons. The quantitative estimate of drug-likeness (QED) is 0.561. The van der Waals surface area contributed by atoms with Crippen LogP contribution in [0.2, 0.25) is 0 Å². The minimum atomic E-state index is -0.903. The Morgan fingerprint density at radius 1 is 0.935 bits per heavy atom. The van der Waals surface area contributed by atoms with Gasteiger partial charge in [0.05, 0.1) is 11.6 Å². The zero-order valence-corrected chi connectivity index (χ0v) is 17.4. The summed E-state index contributed by atoms with van der Waals surface area (Å²) in [6.07, 6.45) is 2.02. The summed E-state index contributed by atoms with van der Waals surface area (Å²) in [5.74, 6) is 0.335. The van der Waals surface area contributed by atoms with Gasteiger partial charge in [0, 0.05) is 0 Å². The molecule has 1 amide bonds. The van der Waals surface area contributed by atoms with Crippen molar-refractivity contribution in [2.45, 2.75) is 38.3 Å². The molecule has 3 aromatic rings. The lowest BCUT2D eigenvalue weighted by Crippen LogP contribution is -2.39. The van der Waals surface area contributed by atoms with Crippen molar-refractivity contribution in [3.8, 4) is 11.5 Å². The van der Waals surface area contributed by atoms with Crippen LogP contribution in [0.1, 0.15) is 47.3 Å². The zero-order chi connectivity index (χ0) is 21.6. The van der Waals surface area contributed by atoms with E-state index in [1.54, 1.807) is 31.2 Å². The van der Waals surface area contributed by atoms with E-state index in [1.807, 2.05) is 48.5 Å². The molecular formula is C26H25NO4. The molecule has 1 aliphatic carbocycles. The van der Waals surface area contributed by atoms with Gasteiger partial charge in [0.25, 0.3) is 5.91 Å². The number of ether oxygens (including phenoxy) is 2. The molecule has 2 atom stereocenters. The fourth-order valence-electron chi connectivity index (χ4n) is 3.79. The average Bonchev–Trinajstić information content (AvgIpc) is 2.80. The van der Waals surface area contributed by atoms with E-state index in [1.165, 1.54) is 5.56 Å². The van der Waals surface area contributed by atoms with Crippen molar-refractivity contribution >= 4 is 11.9 Å². The summed E-state index contributed by atoms with van der Waals surface area (Å²) in [5.41, 5.74) is 2.74. The Hall–Kier alpha value is -3.60. The number of amides is 1. The van der Waals surface area contributed by atoms with E-state index in [2.05, 4.69) is 11.4 Å². The molecule has 3 aromatic carbocycles. The lowest BCUT2D eigenvalue weighted by atomic mass is 9.87. The van der Waals surface area contributed by atoms with E-state index in [9.17, 15) is 9.59 Å². The molecule has 5 heteroatoms. The molecule has 0 aliphatic heterocycles. The monoisotopic (exact) mass is 415 g/mol. The van der Waals surface area contributed by atoms with E-state index in [0.29, 0.717) is 17.1 Å². The second-order valence-corrected chi connectivity index (χ2v) is 7.64. The van der Waals surface area contributed by atoms with Crippen LogP contribution in [-0.2, 0) is 16.0 Å². The van der Waals surface area contributed by atoms with Crippen LogP contribution in [0, 0.1) is 0 Å². The number of benzene rings is 3. The van der Waals surface area contributed by atoms with E-state index in [0.717, 1.165) is 24.8 Å². The Morgan fingerprint density at radius 3 is 2.52 bits per heavy atom. The Kier molecular flexibility index (Phi) is 6.32. The lowest BCUT2D eigenvalue weighted by molar-refractivity contribution is -0.130. The van der Waals surface area contributed by atoms with Crippen molar-refractivity contribution in [2.75, 3.05) is 0 Å². The van der Waals surface area contributed by atoms with E-state index < -0.39 is 12.1 Å². The van der Waals surface area contributed by atoms with Crippen LogP contribution in [0.5, 0.6) is 11.5 Å². The minimum absolute atomic E-state index is 0.0544. The number of carbonyl (C=O) groups excluding carboxylic acids is 2. The Morgan fingerprint density at radius 2 is 1.68 bits per heavy atom. The molecular weight excluding hydrogens is 390 g/mol. The molecule has 0 aromatic heterocycles.